The number of nitrogens with zero attached hydrogens (tertiary/aromatic N) is 3. The van der Waals surface area contributed by atoms with Gasteiger partial charge in [-0.25, -0.2) is 4.98 Å². The molecule has 1 atom stereocenters. The molecular formula is C29H30FN3O2. The number of benzene rings is 3. The molecule has 0 radical (unpaired) electrons. The van der Waals surface area contributed by atoms with Gasteiger partial charge in [0.2, 0.25) is 5.95 Å². The van der Waals surface area contributed by atoms with E-state index in [4.69, 9.17) is 4.74 Å². The Morgan fingerprint density at radius 1 is 0.800 bits per heavy atom. The Morgan fingerprint density at radius 2 is 1.46 bits per heavy atom. The van der Waals surface area contributed by atoms with E-state index >= 15 is 0 Å². The van der Waals surface area contributed by atoms with Crippen LogP contribution in [0.1, 0.15) is 17.2 Å². The normalized spacial score (nSPS) is 16.0. The van der Waals surface area contributed by atoms with Crippen molar-refractivity contribution >= 4 is 10.9 Å². The lowest BCUT2D eigenvalue weighted by Crippen LogP contribution is -2.50. The van der Waals surface area contributed by atoms with Crippen LogP contribution in [0.25, 0.3) is 10.9 Å². The molecule has 1 N–H and O–H groups in total. The van der Waals surface area contributed by atoms with E-state index in [1.807, 2.05) is 6.07 Å². The fourth-order valence-electron chi connectivity index (χ4n) is 4.85. The third-order valence-corrected chi connectivity index (χ3v) is 6.56. The second-order valence-corrected chi connectivity index (χ2v) is 8.98. The van der Waals surface area contributed by atoms with E-state index in [2.05, 4.69) is 75.4 Å². The van der Waals surface area contributed by atoms with E-state index in [1.165, 1.54) is 17.2 Å². The molecule has 5 nitrogen and oxygen atoms in total. The second kappa shape index (κ2) is 11.0. The van der Waals surface area contributed by atoms with Gasteiger partial charge in [-0.3, -0.25) is 9.80 Å². The van der Waals surface area contributed by atoms with Crippen molar-refractivity contribution in [2.24, 2.45) is 0 Å². The molecule has 1 aliphatic rings. The van der Waals surface area contributed by atoms with Gasteiger partial charge in [0.25, 0.3) is 0 Å². The highest BCUT2D eigenvalue weighted by Crippen LogP contribution is 2.29. The Bertz CT molecular complexity index is 1190. The maximum atomic E-state index is 13.4. The smallest absolute Gasteiger partial charge is 0.213 e. The number of β-amino-alcohol motifs (C(OH)–C–C–N with tert-alkyl or cyclic N) is 1. The Morgan fingerprint density at radius 3 is 2.11 bits per heavy atom. The molecule has 4 aromatic rings. The predicted octanol–water partition coefficient (Wildman–Crippen LogP) is 4.52. The minimum atomic E-state index is -0.621. The van der Waals surface area contributed by atoms with Crippen LogP contribution < -0.4 is 4.74 Å². The highest BCUT2D eigenvalue weighted by Gasteiger charge is 2.27. The first-order chi connectivity index (χ1) is 17.2. The van der Waals surface area contributed by atoms with Crippen LogP contribution in [0, 0.1) is 5.95 Å². The van der Waals surface area contributed by atoms with Crippen molar-refractivity contribution in [3.05, 3.63) is 108 Å². The fraction of sp³-hybridized carbons (Fsp3) is 0.276. The van der Waals surface area contributed by atoms with Crippen molar-refractivity contribution in [3.8, 4) is 5.75 Å². The standard InChI is InChI=1S/C29H30FN3O2/c30-28-15-14-25-26(31-28)12-7-13-27(25)35-21-24(34)20-32-16-18-33(19-17-32)29(22-8-3-1-4-9-22)23-10-5-2-6-11-23/h1-15,24,29,34H,16-21H2. The number of pyridine rings is 1. The average Bonchev–Trinajstić information content (AvgIpc) is 2.90. The summed E-state index contributed by atoms with van der Waals surface area (Å²) >= 11 is 0. The summed E-state index contributed by atoms with van der Waals surface area (Å²) in [5, 5.41) is 11.4. The third-order valence-electron chi connectivity index (χ3n) is 6.56. The number of aliphatic hydroxyl groups is 1. The first-order valence-corrected chi connectivity index (χ1v) is 12.1. The lowest BCUT2D eigenvalue weighted by Gasteiger charge is -2.40. The molecule has 35 heavy (non-hydrogen) atoms. The molecule has 0 amide bonds. The average molecular weight is 472 g/mol. The monoisotopic (exact) mass is 471 g/mol. The fourth-order valence-corrected chi connectivity index (χ4v) is 4.85. The van der Waals surface area contributed by atoms with E-state index in [0.717, 1.165) is 31.6 Å². The van der Waals surface area contributed by atoms with Crippen LogP contribution in [0.4, 0.5) is 4.39 Å². The Kier molecular flexibility index (Phi) is 7.33. The molecule has 3 aromatic carbocycles. The maximum absolute atomic E-state index is 13.4. The molecule has 1 unspecified atom stereocenters. The summed E-state index contributed by atoms with van der Waals surface area (Å²) in [7, 11) is 0. The molecule has 1 saturated heterocycles. The van der Waals surface area contributed by atoms with Gasteiger partial charge in [0.05, 0.1) is 11.6 Å². The van der Waals surface area contributed by atoms with Crippen LogP contribution in [0.3, 0.4) is 0 Å². The van der Waals surface area contributed by atoms with Crippen molar-refractivity contribution in [2.45, 2.75) is 12.1 Å². The van der Waals surface area contributed by atoms with Crippen LogP contribution >= 0.6 is 0 Å². The van der Waals surface area contributed by atoms with Crippen molar-refractivity contribution in [1.29, 1.82) is 0 Å². The lowest BCUT2D eigenvalue weighted by atomic mass is 9.96. The molecule has 180 valence electrons. The summed E-state index contributed by atoms with van der Waals surface area (Å²) in [5.74, 6) is 0.0861. The van der Waals surface area contributed by atoms with Gasteiger partial charge in [-0.05, 0) is 35.4 Å². The Labute approximate surface area is 205 Å². The largest absolute Gasteiger partial charge is 0.490 e. The molecule has 0 saturated carbocycles. The Hall–Kier alpha value is -3.32. The summed E-state index contributed by atoms with van der Waals surface area (Å²) < 4.78 is 19.3. The van der Waals surface area contributed by atoms with E-state index in [9.17, 15) is 9.50 Å². The van der Waals surface area contributed by atoms with Crippen molar-refractivity contribution in [1.82, 2.24) is 14.8 Å². The summed E-state index contributed by atoms with van der Waals surface area (Å²) in [5.41, 5.74) is 3.13. The molecule has 2 heterocycles. The van der Waals surface area contributed by atoms with Gasteiger partial charge in [-0.15, -0.1) is 0 Å². The topological polar surface area (TPSA) is 48.8 Å². The number of rotatable bonds is 8. The van der Waals surface area contributed by atoms with Crippen molar-refractivity contribution in [3.63, 3.8) is 0 Å². The minimum absolute atomic E-state index is 0.174. The molecule has 1 aromatic heterocycles. The zero-order valence-corrected chi connectivity index (χ0v) is 19.6. The number of piperazine rings is 1. The number of hydrogen-bond donors (Lipinski definition) is 1. The van der Waals surface area contributed by atoms with Gasteiger partial charge in [0.1, 0.15) is 18.5 Å². The molecule has 5 rings (SSSR count). The van der Waals surface area contributed by atoms with E-state index in [1.54, 1.807) is 18.2 Å². The van der Waals surface area contributed by atoms with Gasteiger partial charge < -0.3 is 9.84 Å². The zero-order chi connectivity index (χ0) is 24.0. The van der Waals surface area contributed by atoms with Crippen molar-refractivity contribution in [2.75, 3.05) is 39.3 Å². The highest BCUT2D eigenvalue weighted by molar-refractivity contribution is 5.84. The zero-order valence-electron chi connectivity index (χ0n) is 19.6. The van der Waals surface area contributed by atoms with Crippen LogP contribution in [0.2, 0.25) is 0 Å². The number of fused-ring (bicyclic) bond motifs is 1. The van der Waals surface area contributed by atoms with E-state index in [-0.39, 0.29) is 12.6 Å². The number of halogens is 1. The summed E-state index contributed by atoms with van der Waals surface area (Å²) in [6.07, 6.45) is -0.621. The molecule has 1 aliphatic heterocycles. The number of hydrogen-bond acceptors (Lipinski definition) is 5. The van der Waals surface area contributed by atoms with Gasteiger partial charge >= 0.3 is 0 Å². The summed E-state index contributed by atoms with van der Waals surface area (Å²) in [6.45, 7) is 4.32. The first-order valence-electron chi connectivity index (χ1n) is 12.1. The molecule has 6 heteroatoms. The number of ether oxygens (including phenoxy) is 1. The summed E-state index contributed by atoms with van der Waals surface area (Å²) in [6, 6.07) is 29.8. The summed E-state index contributed by atoms with van der Waals surface area (Å²) in [4.78, 5) is 8.71. The Balaban J connectivity index is 1.17. The molecule has 0 spiro atoms. The molecular weight excluding hydrogens is 441 g/mol. The number of aromatic nitrogens is 1. The first kappa shape index (κ1) is 23.4. The van der Waals surface area contributed by atoms with Gasteiger partial charge in [0.15, 0.2) is 0 Å². The number of aliphatic hydroxyl groups excluding tert-OH is 1. The van der Waals surface area contributed by atoms with Gasteiger partial charge in [-0.1, -0.05) is 66.7 Å². The second-order valence-electron chi connectivity index (χ2n) is 8.98. The van der Waals surface area contributed by atoms with Crippen LogP contribution in [0.15, 0.2) is 91.0 Å². The van der Waals surface area contributed by atoms with E-state index in [0.29, 0.717) is 17.8 Å². The highest BCUT2D eigenvalue weighted by atomic mass is 19.1. The quantitative estimate of drug-likeness (QED) is 0.383. The molecule has 0 bridgehead atoms. The predicted molar refractivity (Wildman–Crippen MR) is 136 cm³/mol. The molecule has 0 aliphatic carbocycles. The maximum Gasteiger partial charge on any atom is 0.213 e. The lowest BCUT2D eigenvalue weighted by molar-refractivity contribution is 0.0404. The minimum Gasteiger partial charge on any atom is -0.490 e. The SMILES string of the molecule is OC(COc1cccc2nc(F)ccc12)CN1CCN(C(c2ccccc2)c2ccccc2)CC1. The van der Waals surface area contributed by atoms with E-state index < -0.39 is 12.1 Å². The third kappa shape index (κ3) is 5.68. The van der Waals surface area contributed by atoms with Crippen LogP contribution in [-0.2, 0) is 0 Å². The van der Waals surface area contributed by atoms with Crippen molar-refractivity contribution < 1.29 is 14.2 Å². The van der Waals surface area contributed by atoms with Gasteiger partial charge in [-0.2, -0.15) is 4.39 Å². The van der Waals surface area contributed by atoms with Crippen LogP contribution in [-0.4, -0.2) is 65.3 Å². The van der Waals surface area contributed by atoms with Crippen LogP contribution in [0.5, 0.6) is 5.75 Å². The molecule has 1 fully saturated rings. The van der Waals surface area contributed by atoms with Gasteiger partial charge in [0, 0.05) is 38.1 Å².